The number of thioether (sulfide) groups is 1. The van der Waals surface area contributed by atoms with Crippen LogP contribution < -0.4 is 19.5 Å². The Morgan fingerprint density at radius 3 is 2.53 bits per heavy atom. The first kappa shape index (κ1) is 25.7. The third-order valence-corrected chi connectivity index (χ3v) is 6.97. The highest BCUT2D eigenvalue weighted by Gasteiger charge is 2.24. The second-order valence-corrected chi connectivity index (χ2v) is 9.85. The number of hydrogen-bond acceptors (Lipinski definition) is 6. The number of rotatable bonds is 8. The maximum Gasteiger partial charge on any atom is 0.264 e. The van der Waals surface area contributed by atoms with Gasteiger partial charge in [-0.1, -0.05) is 48.0 Å². The van der Waals surface area contributed by atoms with Crippen molar-refractivity contribution in [3.05, 3.63) is 99.9 Å². The minimum absolute atomic E-state index is 0.229. The molecule has 0 atom stereocenters. The Kier molecular flexibility index (Phi) is 7.86. The van der Waals surface area contributed by atoms with Gasteiger partial charge in [0.2, 0.25) is 0 Å². The van der Waals surface area contributed by atoms with Crippen molar-refractivity contribution in [3.63, 3.8) is 0 Å². The van der Waals surface area contributed by atoms with Crippen LogP contribution in [0.5, 0.6) is 17.2 Å². The average Bonchev–Trinajstić information content (AvgIpc) is 3.26. The number of fused-ring (bicyclic) bond motifs is 1. The van der Waals surface area contributed by atoms with Crippen molar-refractivity contribution in [2.45, 2.75) is 13.5 Å². The van der Waals surface area contributed by atoms with Gasteiger partial charge in [0, 0.05) is 0 Å². The van der Waals surface area contributed by atoms with Crippen molar-refractivity contribution >= 4 is 57.0 Å². The number of nitrogens with zero attached hydrogens (tertiary/aromatic N) is 1. The molecule has 1 N–H and O–H groups in total. The summed E-state index contributed by atoms with van der Waals surface area (Å²) in [5.74, 6) is 1.49. The Labute approximate surface area is 230 Å². The van der Waals surface area contributed by atoms with Crippen molar-refractivity contribution in [3.8, 4) is 17.2 Å². The average molecular weight is 545 g/mol. The Balaban J connectivity index is 1.35. The van der Waals surface area contributed by atoms with Gasteiger partial charge in [-0.2, -0.15) is 0 Å². The van der Waals surface area contributed by atoms with Crippen LogP contribution in [0.1, 0.15) is 18.1 Å². The zero-order chi connectivity index (χ0) is 26.5. The largest absolute Gasteiger partial charge is 0.497 e. The van der Waals surface area contributed by atoms with E-state index in [4.69, 9.17) is 25.8 Å². The number of amidine groups is 1. The molecule has 0 bridgehead atoms. The third-order valence-electron chi connectivity index (χ3n) is 5.78. The monoisotopic (exact) mass is 544 g/mol. The molecule has 0 aliphatic carbocycles. The highest BCUT2D eigenvalue weighted by Crippen LogP contribution is 2.39. The highest BCUT2D eigenvalue weighted by molar-refractivity contribution is 8.18. The van der Waals surface area contributed by atoms with Gasteiger partial charge < -0.3 is 19.5 Å². The van der Waals surface area contributed by atoms with E-state index in [2.05, 4.69) is 34.6 Å². The molecule has 8 heteroatoms. The zero-order valence-corrected chi connectivity index (χ0v) is 22.4. The predicted octanol–water partition coefficient (Wildman–Crippen LogP) is 7.37. The number of amides is 1. The lowest BCUT2D eigenvalue weighted by Gasteiger charge is -2.15. The van der Waals surface area contributed by atoms with Crippen LogP contribution in [0, 0.1) is 0 Å². The summed E-state index contributed by atoms with van der Waals surface area (Å²) < 4.78 is 17.1. The molecule has 1 heterocycles. The number of carbonyl (C=O) groups excluding carboxylic acids is 1. The van der Waals surface area contributed by atoms with Gasteiger partial charge in [-0.25, -0.2) is 4.99 Å². The van der Waals surface area contributed by atoms with E-state index in [1.54, 1.807) is 19.3 Å². The van der Waals surface area contributed by atoms with E-state index in [9.17, 15) is 4.79 Å². The van der Waals surface area contributed by atoms with Crippen molar-refractivity contribution in [1.82, 2.24) is 5.32 Å². The van der Waals surface area contributed by atoms with Gasteiger partial charge in [-0.15, -0.1) is 0 Å². The summed E-state index contributed by atoms with van der Waals surface area (Å²) >= 11 is 7.90. The van der Waals surface area contributed by atoms with Gasteiger partial charge in [0.25, 0.3) is 5.91 Å². The number of ether oxygens (including phenoxy) is 3. The highest BCUT2D eigenvalue weighted by atomic mass is 35.5. The summed E-state index contributed by atoms with van der Waals surface area (Å²) in [5.41, 5.74) is 2.46. The molecular weight excluding hydrogens is 520 g/mol. The number of aliphatic imine (C=N–C) groups is 1. The van der Waals surface area contributed by atoms with Crippen molar-refractivity contribution < 1.29 is 19.0 Å². The van der Waals surface area contributed by atoms with Crippen molar-refractivity contribution in [1.29, 1.82) is 0 Å². The Hall–Kier alpha value is -3.94. The molecule has 6 nitrogen and oxygen atoms in total. The van der Waals surface area contributed by atoms with Crippen LogP contribution in [0.3, 0.4) is 0 Å². The molecule has 0 radical (unpaired) electrons. The number of nitrogens with one attached hydrogen (secondary N) is 1. The van der Waals surface area contributed by atoms with E-state index in [0.717, 1.165) is 22.3 Å². The topological polar surface area (TPSA) is 69.2 Å². The van der Waals surface area contributed by atoms with Gasteiger partial charge in [-0.05, 0) is 89.1 Å². The summed E-state index contributed by atoms with van der Waals surface area (Å²) in [6.07, 6.45) is 1.76. The molecule has 5 rings (SSSR count). The van der Waals surface area contributed by atoms with Crippen LogP contribution in [-0.2, 0) is 11.4 Å². The second kappa shape index (κ2) is 11.6. The first-order valence-corrected chi connectivity index (χ1v) is 13.2. The molecule has 38 heavy (non-hydrogen) atoms. The van der Waals surface area contributed by atoms with Gasteiger partial charge >= 0.3 is 0 Å². The van der Waals surface area contributed by atoms with Crippen LogP contribution in [0.25, 0.3) is 16.8 Å². The van der Waals surface area contributed by atoms with Crippen LogP contribution in [0.2, 0.25) is 5.02 Å². The quantitative estimate of drug-likeness (QED) is 0.234. The van der Waals surface area contributed by atoms with Crippen LogP contribution >= 0.6 is 23.4 Å². The SMILES string of the molecule is CCOc1cc(/C=C2/SC(=Nc3ccc(OC)cc3)NC2=O)cc(Cl)c1OCc1ccc2ccccc2c1. The summed E-state index contributed by atoms with van der Waals surface area (Å²) in [7, 11) is 1.61. The number of halogens is 1. The maximum absolute atomic E-state index is 12.6. The van der Waals surface area contributed by atoms with E-state index in [1.807, 2.05) is 55.5 Å². The molecular formula is C30H25ClN2O4S. The third kappa shape index (κ3) is 5.96. The normalized spacial score (nSPS) is 15.2. The van der Waals surface area contributed by atoms with Crippen molar-refractivity contribution in [2.24, 2.45) is 4.99 Å². The Morgan fingerprint density at radius 2 is 1.76 bits per heavy atom. The first-order valence-electron chi connectivity index (χ1n) is 12.0. The summed E-state index contributed by atoms with van der Waals surface area (Å²) in [5, 5.41) is 6.02. The molecule has 1 fully saturated rings. The molecule has 1 saturated heterocycles. The Bertz CT molecular complexity index is 1550. The van der Waals surface area contributed by atoms with E-state index < -0.39 is 0 Å². The number of benzene rings is 4. The lowest BCUT2D eigenvalue weighted by molar-refractivity contribution is -0.115. The molecule has 1 amide bonds. The lowest BCUT2D eigenvalue weighted by Crippen LogP contribution is -2.19. The maximum atomic E-state index is 12.6. The molecule has 192 valence electrons. The minimum atomic E-state index is -0.229. The first-order chi connectivity index (χ1) is 18.5. The van der Waals surface area contributed by atoms with Gasteiger partial charge in [-0.3, -0.25) is 4.79 Å². The molecule has 4 aromatic carbocycles. The van der Waals surface area contributed by atoms with Gasteiger partial charge in [0.15, 0.2) is 16.7 Å². The lowest BCUT2D eigenvalue weighted by atomic mass is 10.1. The molecule has 1 aliphatic heterocycles. The molecule has 1 aliphatic rings. The van der Waals surface area contributed by atoms with E-state index in [1.165, 1.54) is 17.1 Å². The summed E-state index contributed by atoms with van der Waals surface area (Å²) in [6.45, 7) is 2.68. The van der Waals surface area contributed by atoms with Crippen molar-refractivity contribution in [2.75, 3.05) is 13.7 Å². The van der Waals surface area contributed by atoms with E-state index >= 15 is 0 Å². The zero-order valence-electron chi connectivity index (χ0n) is 20.9. The fourth-order valence-corrected chi connectivity index (χ4v) is 5.08. The van der Waals surface area contributed by atoms with E-state index in [-0.39, 0.29) is 5.91 Å². The molecule has 0 saturated carbocycles. The van der Waals surface area contributed by atoms with Gasteiger partial charge in [0.05, 0.1) is 29.3 Å². The van der Waals surface area contributed by atoms with E-state index in [0.29, 0.717) is 45.5 Å². The fourth-order valence-electron chi connectivity index (χ4n) is 3.96. The summed E-state index contributed by atoms with van der Waals surface area (Å²) in [6, 6.07) is 25.3. The predicted molar refractivity (Wildman–Crippen MR) is 155 cm³/mol. The number of hydrogen-bond donors (Lipinski definition) is 1. The number of methoxy groups -OCH3 is 1. The molecule has 0 aromatic heterocycles. The smallest absolute Gasteiger partial charge is 0.264 e. The molecule has 0 unspecified atom stereocenters. The van der Waals surface area contributed by atoms with Gasteiger partial charge in [0.1, 0.15) is 12.4 Å². The standard InChI is InChI=1S/C30H25ClN2O4S/c1-3-36-26-16-20(17-27-29(34)33-30(38-27)32-23-10-12-24(35-2)13-11-23)15-25(31)28(26)37-18-19-8-9-21-6-4-5-7-22(21)14-19/h4-17H,3,18H2,1-2H3,(H,32,33,34)/b27-17+. The molecule has 4 aromatic rings. The van der Waals surface area contributed by atoms with Crippen LogP contribution in [0.15, 0.2) is 88.8 Å². The summed E-state index contributed by atoms with van der Waals surface area (Å²) in [4.78, 5) is 17.6. The fraction of sp³-hybridized carbons (Fsp3) is 0.133. The second-order valence-electron chi connectivity index (χ2n) is 8.41. The number of carbonyl (C=O) groups is 1. The Morgan fingerprint density at radius 1 is 0.974 bits per heavy atom. The minimum Gasteiger partial charge on any atom is -0.497 e. The van der Waals surface area contributed by atoms with Crippen LogP contribution in [-0.4, -0.2) is 24.8 Å². The molecule has 0 spiro atoms. The van der Waals surface area contributed by atoms with Crippen LogP contribution in [0.4, 0.5) is 5.69 Å².